The van der Waals surface area contributed by atoms with E-state index in [4.69, 9.17) is 4.52 Å². The summed E-state index contributed by atoms with van der Waals surface area (Å²) in [6, 6.07) is 5.48. The zero-order valence-electron chi connectivity index (χ0n) is 16.2. The maximum absolute atomic E-state index is 12.8. The van der Waals surface area contributed by atoms with Crippen molar-refractivity contribution in [1.29, 1.82) is 0 Å². The van der Waals surface area contributed by atoms with Gasteiger partial charge in [-0.3, -0.25) is 0 Å². The van der Waals surface area contributed by atoms with Crippen LogP contribution in [0.1, 0.15) is 35.5 Å². The van der Waals surface area contributed by atoms with Gasteiger partial charge in [-0.15, -0.1) is 13.2 Å². The summed E-state index contributed by atoms with van der Waals surface area (Å²) in [5.41, 5.74) is 0.784. The number of benzene rings is 1. The van der Waals surface area contributed by atoms with Gasteiger partial charge in [-0.2, -0.15) is 4.98 Å². The van der Waals surface area contributed by atoms with Gasteiger partial charge in [-0.1, -0.05) is 17.3 Å². The molecule has 0 aliphatic carbocycles. The van der Waals surface area contributed by atoms with Gasteiger partial charge < -0.3 is 24.2 Å². The summed E-state index contributed by atoms with van der Waals surface area (Å²) in [4.78, 5) is 20.3. The van der Waals surface area contributed by atoms with Crippen molar-refractivity contribution in [2.45, 2.75) is 37.6 Å². The van der Waals surface area contributed by atoms with Gasteiger partial charge in [-0.05, 0) is 31.0 Å². The molecule has 0 saturated carbocycles. The van der Waals surface area contributed by atoms with Crippen molar-refractivity contribution >= 4 is 6.03 Å². The molecule has 1 aromatic heterocycles. The summed E-state index contributed by atoms with van der Waals surface area (Å²) in [6.45, 7) is 3.06. The number of hydrogen-bond acceptors (Lipinski definition) is 6. The molecule has 2 amide bonds. The molecular weight excluding hydrogens is 405 g/mol. The number of halogens is 3. The van der Waals surface area contributed by atoms with Crippen molar-refractivity contribution < 1.29 is 32.3 Å². The van der Waals surface area contributed by atoms with Gasteiger partial charge in [-0.25, -0.2) is 4.79 Å². The van der Waals surface area contributed by atoms with Crippen LogP contribution >= 0.6 is 0 Å². The number of amides is 2. The summed E-state index contributed by atoms with van der Waals surface area (Å²) in [6.07, 6.45) is -4.66. The van der Waals surface area contributed by atoms with Crippen LogP contribution in [0.2, 0.25) is 0 Å². The van der Waals surface area contributed by atoms with Crippen LogP contribution in [0, 0.1) is 6.92 Å². The van der Waals surface area contributed by atoms with E-state index >= 15 is 0 Å². The van der Waals surface area contributed by atoms with Crippen LogP contribution < -0.4 is 4.74 Å². The molecule has 0 spiro atoms. The molecule has 1 aromatic carbocycles. The minimum absolute atomic E-state index is 0.133. The lowest BCUT2D eigenvalue weighted by molar-refractivity contribution is -0.274. The minimum Gasteiger partial charge on any atom is -0.406 e. The van der Waals surface area contributed by atoms with Crippen molar-refractivity contribution in [3.63, 3.8) is 0 Å². The van der Waals surface area contributed by atoms with E-state index in [1.54, 1.807) is 28.9 Å². The molecule has 1 N–H and O–H groups in total. The predicted molar refractivity (Wildman–Crippen MR) is 96.8 cm³/mol. The number of β-amino-alcohol motifs (C(OH)–C–C–N with tert-alkyl or cyclic N) is 1. The second-order valence-corrected chi connectivity index (χ2v) is 7.67. The van der Waals surface area contributed by atoms with Crippen LogP contribution in [0.5, 0.6) is 5.75 Å². The van der Waals surface area contributed by atoms with Crippen molar-refractivity contribution in [3.05, 3.63) is 41.5 Å². The second-order valence-electron chi connectivity index (χ2n) is 7.67. The minimum atomic E-state index is -4.75. The summed E-state index contributed by atoms with van der Waals surface area (Å²) in [5, 5.41) is 13.3. The molecule has 2 atom stereocenters. The zero-order chi connectivity index (χ0) is 21.5. The fraction of sp³-hybridized carbons (Fsp3) is 0.526. The number of aryl methyl sites for hydroxylation is 1. The van der Waals surface area contributed by atoms with E-state index in [0.717, 1.165) is 5.56 Å². The Morgan fingerprint density at radius 1 is 1.13 bits per heavy atom. The molecule has 30 heavy (non-hydrogen) atoms. The monoisotopic (exact) mass is 426 g/mol. The van der Waals surface area contributed by atoms with Crippen LogP contribution in [0.15, 0.2) is 28.8 Å². The number of aliphatic hydroxyl groups is 1. The maximum Gasteiger partial charge on any atom is 0.573 e. The number of aromatic nitrogens is 2. The molecule has 8 nitrogen and oxygen atoms in total. The molecule has 162 valence electrons. The average Bonchev–Trinajstić information content (AvgIpc) is 3.10. The number of carbonyl (C=O) groups excluding carboxylic acids is 1. The standard InChI is InChI=1S/C19H21F3N4O4/c1-11-23-17(30-24-11)14-6-13(7-25(8-14)18(28)26-9-15(27)10-26)12-2-4-16(5-3-12)29-19(20,21)22/h2-5,13-15,27H,6-10H2,1H3. The van der Waals surface area contributed by atoms with Crippen LogP contribution in [0.3, 0.4) is 0 Å². The Morgan fingerprint density at radius 3 is 2.33 bits per heavy atom. The first-order valence-electron chi connectivity index (χ1n) is 9.56. The third-order valence-electron chi connectivity index (χ3n) is 5.33. The molecule has 2 aromatic rings. The highest BCUT2D eigenvalue weighted by molar-refractivity contribution is 5.75. The largest absolute Gasteiger partial charge is 0.573 e. The highest BCUT2D eigenvalue weighted by Gasteiger charge is 2.39. The first-order chi connectivity index (χ1) is 14.2. The first kappa shape index (κ1) is 20.5. The Hall–Kier alpha value is -2.82. The van der Waals surface area contributed by atoms with Gasteiger partial charge in [0, 0.05) is 19.0 Å². The number of nitrogens with zero attached hydrogens (tertiary/aromatic N) is 4. The van der Waals surface area contributed by atoms with E-state index in [-0.39, 0.29) is 36.7 Å². The van der Waals surface area contributed by atoms with E-state index in [2.05, 4.69) is 14.9 Å². The molecule has 0 radical (unpaired) electrons. The van der Waals surface area contributed by atoms with E-state index in [1.807, 2.05) is 0 Å². The number of aliphatic hydroxyl groups excluding tert-OH is 1. The summed E-state index contributed by atoms with van der Waals surface area (Å²) in [5.74, 6) is 0.283. The third-order valence-corrected chi connectivity index (χ3v) is 5.33. The summed E-state index contributed by atoms with van der Waals surface area (Å²) < 4.78 is 46.5. The molecule has 2 unspecified atom stereocenters. The van der Waals surface area contributed by atoms with Gasteiger partial charge in [0.15, 0.2) is 5.82 Å². The van der Waals surface area contributed by atoms with E-state index in [9.17, 15) is 23.1 Å². The SMILES string of the molecule is Cc1noc(C2CC(c3ccc(OC(F)(F)F)cc3)CN(C(=O)N3CC(O)C3)C2)n1. The normalized spacial score (nSPS) is 22.7. The third kappa shape index (κ3) is 4.50. The molecule has 2 aliphatic rings. The summed E-state index contributed by atoms with van der Waals surface area (Å²) in [7, 11) is 0. The highest BCUT2D eigenvalue weighted by atomic mass is 19.4. The number of alkyl halides is 3. The number of urea groups is 1. The maximum atomic E-state index is 12.8. The topological polar surface area (TPSA) is 91.9 Å². The van der Waals surface area contributed by atoms with Crippen LogP contribution in [-0.2, 0) is 0 Å². The van der Waals surface area contributed by atoms with Crippen molar-refractivity contribution in [1.82, 2.24) is 19.9 Å². The smallest absolute Gasteiger partial charge is 0.406 e. The second kappa shape index (κ2) is 7.78. The van der Waals surface area contributed by atoms with Gasteiger partial charge in [0.25, 0.3) is 0 Å². The molecule has 0 bridgehead atoms. The lowest BCUT2D eigenvalue weighted by Crippen LogP contribution is -2.59. The van der Waals surface area contributed by atoms with Crippen molar-refractivity contribution in [2.75, 3.05) is 26.2 Å². The fourth-order valence-electron chi connectivity index (χ4n) is 3.91. The number of rotatable bonds is 3. The molecule has 3 heterocycles. The number of piperidine rings is 1. The van der Waals surface area contributed by atoms with Gasteiger partial charge in [0.2, 0.25) is 5.89 Å². The number of hydrogen-bond donors (Lipinski definition) is 1. The molecular formula is C19H21F3N4O4. The number of carbonyl (C=O) groups is 1. The predicted octanol–water partition coefficient (Wildman–Crippen LogP) is 2.65. The van der Waals surface area contributed by atoms with Gasteiger partial charge in [0.05, 0.1) is 25.1 Å². The van der Waals surface area contributed by atoms with Gasteiger partial charge >= 0.3 is 12.4 Å². The Kier molecular flexibility index (Phi) is 5.31. The molecule has 2 aliphatic heterocycles. The van der Waals surface area contributed by atoms with Crippen LogP contribution in [-0.4, -0.2) is 69.7 Å². The average molecular weight is 426 g/mol. The number of ether oxygens (including phenoxy) is 1. The van der Waals surface area contributed by atoms with Crippen molar-refractivity contribution in [3.8, 4) is 5.75 Å². The first-order valence-corrected chi connectivity index (χ1v) is 9.56. The van der Waals surface area contributed by atoms with E-state index < -0.39 is 12.5 Å². The van der Waals surface area contributed by atoms with Gasteiger partial charge in [0.1, 0.15) is 5.75 Å². The molecule has 2 fully saturated rings. The number of likely N-dealkylation sites (tertiary alicyclic amines) is 2. The van der Waals surface area contributed by atoms with Crippen LogP contribution in [0.4, 0.5) is 18.0 Å². The highest BCUT2D eigenvalue weighted by Crippen LogP contribution is 2.37. The Morgan fingerprint density at radius 2 is 1.77 bits per heavy atom. The van der Waals surface area contributed by atoms with Crippen molar-refractivity contribution in [2.24, 2.45) is 0 Å². The lowest BCUT2D eigenvalue weighted by Gasteiger charge is -2.43. The molecule has 4 rings (SSSR count). The Bertz CT molecular complexity index is 896. The molecule has 2 saturated heterocycles. The quantitative estimate of drug-likeness (QED) is 0.812. The van der Waals surface area contributed by atoms with Crippen LogP contribution in [0.25, 0.3) is 0 Å². The Balaban J connectivity index is 1.54. The zero-order valence-corrected chi connectivity index (χ0v) is 16.2. The van der Waals surface area contributed by atoms with E-state index in [1.165, 1.54) is 12.1 Å². The molecule has 11 heteroatoms. The lowest BCUT2D eigenvalue weighted by atomic mass is 9.84. The fourth-order valence-corrected chi connectivity index (χ4v) is 3.91. The van der Waals surface area contributed by atoms with E-state index in [0.29, 0.717) is 31.2 Å². The summed E-state index contributed by atoms with van der Waals surface area (Å²) >= 11 is 0. The Labute approximate surface area is 170 Å².